The van der Waals surface area contributed by atoms with E-state index in [1.165, 1.54) is 25.9 Å². The normalized spacial score (nSPS) is 24.7. The molecule has 0 aliphatic carbocycles. The second-order valence-electron chi connectivity index (χ2n) is 2.75. The number of hydrogen-bond acceptors (Lipinski definition) is 1. The van der Waals surface area contributed by atoms with Crippen LogP contribution < -0.4 is 0 Å². The third-order valence-corrected chi connectivity index (χ3v) is 2.92. The molecule has 0 saturated carbocycles. The highest BCUT2D eigenvalue weighted by Crippen LogP contribution is 2.12. The van der Waals surface area contributed by atoms with Gasteiger partial charge in [0.1, 0.15) is 0 Å². The average molecular weight is 192 g/mol. The average Bonchev–Trinajstić information content (AvgIpc) is 2.37. The monoisotopic (exact) mass is 191 g/mol. The fourth-order valence-corrected chi connectivity index (χ4v) is 1.69. The van der Waals surface area contributed by atoms with Crippen molar-refractivity contribution < 1.29 is 0 Å². The lowest BCUT2D eigenvalue weighted by Gasteiger charge is -2.20. The molecule has 0 aromatic rings. The lowest BCUT2D eigenvalue weighted by molar-refractivity contribution is 0.281. The Morgan fingerprint density at radius 3 is 2.44 bits per heavy atom. The van der Waals surface area contributed by atoms with Gasteiger partial charge in [-0.15, -0.1) is 0 Å². The molecule has 1 saturated heterocycles. The van der Waals surface area contributed by atoms with Gasteiger partial charge in [0.05, 0.1) is 0 Å². The second-order valence-corrected chi connectivity index (χ2v) is 3.39. The molecule has 1 heterocycles. The number of nitrogens with zero attached hydrogens (tertiary/aromatic N) is 1. The van der Waals surface area contributed by atoms with Gasteiger partial charge in [0, 0.05) is 11.4 Å². The number of rotatable bonds is 2. The van der Waals surface area contributed by atoms with Crippen molar-refractivity contribution in [2.45, 2.75) is 25.8 Å². The van der Waals surface area contributed by atoms with Gasteiger partial charge in [0.15, 0.2) is 0 Å². The fourth-order valence-electron chi connectivity index (χ4n) is 1.28. The van der Waals surface area contributed by atoms with E-state index in [2.05, 4.69) is 27.8 Å². The summed E-state index contributed by atoms with van der Waals surface area (Å²) in [7, 11) is 0. The molecule has 0 bridgehead atoms. The lowest BCUT2D eigenvalue weighted by atomic mass is 10.3. The highest BCUT2D eigenvalue weighted by Gasteiger charge is 2.15. The molecule has 1 fully saturated rings. The van der Waals surface area contributed by atoms with Gasteiger partial charge in [-0.1, -0.05) is 15.9 Å². The molecule has 2 heteroatoms. The van der Waals surface area contributed by atoms with Crippen LogP contribution in [0.5, 0.6) is 0 Å². The van der Waals surface area contributed by atoms with Crippen molar-refractivity contribution in [3.05, 3.63) is 0 Å². The van der Waals surface area contributed by atoms with Gasteiger partial charge >= 0.3 is 0 Å². The second kappa shape index (κ2) is 3.57. The molecule has 0 amide bonds. The van der Waals surface area contributed by atoms with Crippen LogP contribution in [0.1, 0.15) is 19.8 Å². The van der Waals surface area contributed by atoms with Crippen LogP contribution in [0.15, 0.2) is 0 Å². The molecule has 1 atom stereocenters. The smallest absolute Gasteiger partial charge is 0.0185 e. The first-order valence-corrected chi connectivity index (χ1v) is 4.76. The van der Waals surface area contributed by atoms with Crippen LogP contribution in [0.2, 0.25) is 0 Å². The third-order valence-electron chi connectivity index (χ3n) is 1.99. The Labute approximate surface area is 65.6 Å². The van der Waals surface area contributed by atoms with E-state index in [9.17, 15) is 0 Å². The molecule has 0 aromatic heterocycles. The maximum Gasteiger partial charge on any atom is 0.0185 e. The summed E-state index contributed by atoms with van der Waals surface area (Å²) in [6, 6.07) is 0.743. The van der Waals surface area contributed by atoms with E-state index < -0.39 is 0 Å². The van der Waals surface area contributed by atoms with E-state index >= 15 is 0 Å². The zero-order chi connectivity index (χ0) is 6.69. The first kappa shape index (κ1) is 7.55. The SMILES string of the molecule is C[C@H](CBr)N1CCCC1. The van der Waals surface area contributed by atoms with E-state index in [4.69, 9.17) is 0 Å². The predicted molar refractivity (Wildman–Crippen MR) is 44.1 cm³/mol. The van der Waals surface area contributed by atoms with E-state index in [1.54, 1.807) is 0 Å². The summed E-state index contributed by atoms with van der Waals surface area (Å²) in [5.74, 6) is 0. The van der Waals surface area contributed by atoms with Crippen LogP contribution in [0, 0.1) is 0 Å². The first-order valence-electron chi connectivity index (χ1n) is 3.64. The molecule has 9 heavy (non-hydrogen) atoms. The molecule has 1 aliphatic rings. The van der Waals surface area contributed by atoms with Crippen molar-refractivity contribution in [3.63, 3.8) is 0 Å². The molecule has 0 aromatic carbocycles. The molecule has 0 spiro atoms. The Morgan fingerprint density at radius 1 is 1.44 bits per heavy atom. The fraction of sp³-hybridized carbons (Fsp3) is 1.00. The number of halogens is 1. The molecule has 1 nitrogen and oxygen atoms in total. The van der Waals surface area contributed by atoms with Gasteiger partial charge in [-0.2, -0.15) is 0 Å². The summed E-state index contributed by atoms with van der Waals surface area (Å²) in [5.41, 5.74) is 0. The van der Waals surface area contributed by atoms with Gasteiger partial charge in [-0.3, -0.25) is 4.90 Å². The van der Waals surface area contributed by atoms with Crippen LogP contribution >= 0.6 is 15.9 Å². The van der Waals surface area contributed by atoms with Crippen LogP contribution in [0.4, 0.5) is 0 Å². The molecule has 0 unspecified atom stereocenters. The van der Waals surface area contributed by atoms with E-state index in [-0.39, 0.29) is 0 Å². The third kappa shape index (κ3) is 1.94. The summed E-state index contributed by atoms with van der Waals surface area (Å²) < 4.78 is 0. The standard InChI is InChI=1S/C7H14BrN/c1-7(6-8)9-4-2-3-5-9/h7H,2-6H2,1H3/t7-/m1/s1. The van der Waals surface area contributed by atoms with E-state index in [1.807, 2.05) is 0 Å². The van der Waals surface area contributed by atoms with E-state index in [0.29, 0.717) is 0 Å². The first-order chi connectivity index (χ1) is 4.34. The minimum atomic E-state index is 0.743. The van der Waals surface area contributed by atoms with Crippen molar-refractivity contribution in [2.24, 2.45) is 0 Å². The maximum atomic E-state index is 3.48. The van der Waals surface area contributed by atoms with Crippen molar-refractivity contribution in [1.29, 1.82) is 0 Å². The number of likely N-dealkylation sites (tertiary alicyclic amines) is 1. The van der Waals surface area contributed by atoms with Crippen molar-refractivity contribution in [1.82, 2.24) is 4.90 Å². The van der Waals surface area contributed by atoms with Gasteiger partial charge in [-0.05, 0) is 32.9 Å². The Morgan fingerprint density at radius 2 is 2.00 bits per heavy atom. The van der Waals surface area contributed by atoms with Crippen LogP contribution in [0.3, 0.4) is 0 Å². The van der Waals surface area contributed by atoms with Crippen molar-refractivity contribution in [2.75, 3.05) is 18.4 Å². The summed E-state index contributed by atoms with van der Waals surface area (Å²) in [6.45, 7) is 4.90. The zero-order valence-electron chi connectivity index (χ0n) is 5.94. The Kier molecular flexibility index (Phi) is 2.99. The van der Waals surface area contributed by atoms with Crippen LogP contribution in [-0.4, -0.2) is 29.4 Å². The lowest BCUT2D eigenvalue weighted by Crippen LogP contribution is -2.30. The minimum Gasteiger partial charge on any atom is -0.300 e. The summed E-state index contributed by atoms with van der Waals surface area (Å²) in [4.78, 5) is 2.54. The molecule has 1 aliphatic heterocycles. The number of alkyl halides is 1. The molecule has 0 radical (unpaired) electrons. The van der Waals surface area contributed by atoms with Crippen molar-refractivity contribution >= 4 is 15.9 Å². The summed E-state index contributed by atoms with van der Waals surface area (Å²) in [5, 5.41) is 1.12. The summed E-state index contributed by atoms with van der Waals surface area (Å²) >= 11 is 3.48. The molecule has 0 N–H and O–H groups in total. The minimum absolute atomic E-state index is 0.743. The zero-order valence-corrected chi connectivity index (χ0v) is 7.52. The van der Waals surface area contributed by atoms with Crippen molar-refractivity contribution in [3.8, 4) is 0 Å². The number of hydrogen-bond donors (Lipinski definition) is 0. The molecule has 54 valence electrons. The molecule has 1 rings (SSSR count). The highest BCUT2D eigenvalue weighted by atomic mass is 79.9. The Balaban J connectivity index is 2.24. The predicted octanol–water partition coefficient (Wildman–Crippen LogP) is 1.87. The highest BCUT2D eigenvalue weighted by molar-refractivity contribution is 9.09. The van der Waals surface area contributed by atoms with Crippen LogP contribution in [0.25, 0.3) is 0 Å². The quantitative estimate of drug-likeness (QED) is 0.603. The van der Waals surface area contributed by atoms with Gasteiger partial charge in [0.25, 0.3) is 0 Å². The van der Waals surface area contributed by atoms with E-state index in [0.717, 1.165) is 11.4 Å². The Hall–Kier alpha value is 0.440. The molecular weight excluding hydrogens is 178 g/mol. The topological polar surface area (TPSA) is 3.24 Å². The largest absolute Gasteiger partial charge is 0.300 e. The summed E-state index contributed by atoms with van der Waals surface area (Å²) in [6.07, 6.45) is 2.80. The molecular formula is C7H14BrN. The van der Waals surface area contributed by atoms with Gasteiger partial charge in [-0.25, -0.2) is 0 Å². The van der Waals surface area contributed by atoms with Gasteiger partial charge < -0.3 is 0 Å². The van der Waals surface area contributed by atoms with Crippen LogP contribution in [-0.2, 0) is 0 Å². The maximum absolute atomic E-state index is 3.48. The van der Waals surface area contributed by atoms with Gasteiger partial charge in [0.2, 0.25) is 0 Å². The Bertz CT molecular complexity index is 79.0.